The predicted molar refractivity (Wildman–Crippen MR) is 134 cm³/mol. The van der Waals surface area contributed by atoms with Crippen LogP contribution in [0.15, 0.2) is 95.0 Å². The fraction of sp³-hybridized carbons (Fsp3) is 0.148. The number of hydrogen-bond acceptors (Lipinski definition) is 5. The highest BCUT2D eigenvalue weighted by molar-refractivity contribution is 6.00. The van der Waals surface area contributed by atoms with Crippen LogP contribution in [0.3, 0.4) is 0 Å². The van der Waals surface area contributed by atoms with Crippen molar-refractivity contribution in [3.8, 4) is 11.5 Å². The average molecular weight is 439 g/mol. The average Bonchev–Trinajstić information content (AvgIpc) is 2.84. The maximum absolute atomic E-state index is 5.78. The summed E-state index contributed by atoms with van der Waals surface area (Å²) >= 11 is 0. The van der Waals surface area contributed by atoms with Crippen molar-refractivity contribution >= 4 is 28.6 Å². The monoisotopic (exact) mass is 438 g/mol. The third-order valence-electron chi connectivity index (χ3n) is 4.77. The van der Waals surface area contributed by atoms with Gasteiger partial charge in [-0.3, -0.25) is 5.43 Å². The van der Waals surface area contributed by atoms with Gasteiger partial charge in [-0.25, -0.2) is 9.98 Å². The van der Waals surface area contributed by atoms with E-state index in [4.69, 9.17) is 19.5 Å². The zero-order valence-corrected chi connectivity index (χ0v) is 18.9. The molecule has 6 heteroatoms. The van der Waals surface area contributed by atoms with Crippen molar-refractivity contribution < 1.29 is 9.47 Å². The van der Waals surface area contributed by atoms with Crippen molar-refractivity contribution in [1.29, 1.82) is 0 Å². The van der Waals surface area contributed by atoms with Crippen molar-refractivity contribution in [2.45, 2.75) is 20.0 Å². The van der Waals surface area contributed by atoms with Gasteiger partial charge in [-0.2, -0.15) is 5.10 Å². The Kier molecular flexibility index (Phi) is 6.95. The van der Waals surface area contributed by atoms with Gasteiger partial charge in [0.1, 0.15) is 5.69 Å². The van der Waals surface area contributed by atoms with Gasteiger partial charge in [0.2, 0.25) is 0 Å². The van der Waals surface area contributed by atoms with E-state index in [1.54, 1.807) is 13.3 Å². The minimum absolute atomic E-state index is 0.0614. The molecule has 0 saturated heterocycles. The van der Waals surface area contributed by atoms with Crippen molar-refractivity contribution in [3.05, 3.63) is 96.2 Å². The largest absolute Gasteiger partial charge is 0.493 e. The quantitative estimate of drug-likeness (QED) is 0.227. The number of nitrogens with zero attached hydrogens (tertiary/aromatic N) is 3. The molecule has 33 heavy (non-hydrogen) atoms. The molecule has 3 aromatic carbocycles. The van der Waals surface area contributed by atoms with E-state index in [1.165, 1.54) is 0 Å². The molecule has 166 valence electrons. The standard InChI is InChI=1S/C27H26N4O2/c1-19(2)33-25-16-13-20(17-26(25)32-3)18-28-31-27(29-22-10-5-4-6-11-22)24-15-14-21-9-7-8-12-23(21)30-24/h4-19H,1-3H3,(H,29,31). The highest BCUT2D eigenvalue weighted by atomic mass is 16.5. The minimum atomic E-state index is 0.0614. The van der Waals surface area contributed by atoms with Gasteiger partial charge < -0.3 is 9.47 Å². The van der Waals surface area contributed by atoms with Crippen LogP contribution in [0.4, 0.5) is 5.69 Å². The number of aromatic nitrogens is 1. The topological polar surface area (TPSA) is 68.1 Å². The van der Waals surface area contributed by atoms with Crippen molar-refractivity contribution in [2.75, 3.05) is 7.11 Å². The Balaban J connectivity index is 1.62. The molecule has 0 bridgehead atoms. The number of hydrazone groups is 1. The minimum Gasteiger partial charge on any atom is -0.493 e. The summed E-state index contributed by atoms with van der Waals surface area (Å²) < 4.78 is 11.2. The highest BCUT2D eigenvalue weighted by Gasteiger charge is 2.08. The Morgan fingerprint density at radius 1 is 0.909 bits per heavy atom. The second kappa shape index (κ2) is 10.4. The molecular formula is C27H26N4O2. The molecule has 4 rings (SSSR count). The molecule has 0 unspecified atom stereocenters. The summed E-state index contributed by atoms with van der Waals surface area (Å²) in [6.07, 6.45) is 1.77. The first kappa shape index (κ1) is 22.0. The second-order valence-corrected chi connectivity index (χ2v) is 7.63. The molecule has 0 saturated carbocycles. The number of amidine groups is 1. The lowest BCUT2D eigenvalue weighted by Crippen LogP contribution is -2.20. The van der Waals surface area contributed by atoms with Crippen LogP contribution in [-0.4, -0.2) is 30.2 Å². The SMILES string of the molecule is COc1cc(C=NNC(=Nc2ccccc2)c2ccc3ccccc3n2)ccc1OC(C)C. The number of rotatable bonds is 7. The van der Waals surface area contributed by atoms with Gasteiger partial charge in [-0.15, -0.1) is 0 Å². The molecule has 0 aliphatic carbocycles. The van der Waals surface area contributed by atoms with Gasteiger partial charge >= 0.3 is 0 Å². The van der Waals surface area contributed by atoms with Crippen molar-refractivity contribution in [3.63, 3.8) is 0 Å². The highest BCUT2D eigenvalue weighted by Crippen LogP contribution is 2.28. The molecule has 6 nitrogen and oxygen atoms in total. The van der Waals surface area contributed by atoms with E-state index in [9.17, 15) is 0 Å². The fourth-order valence-corrected chi connectivity index (χ4v) is 3.25. The second-order valence-electron chi connectivity index (χ2n) is 7.63. The summed E-state index contributed by atoms with van der Waals surface area (Å²) in [5, 5.41) is 5.49. The first-order valence-electron chi connectivity index (χ1n) is 10.8. The van der Waals surface area contributed by atoms with E-state index in [-0.39, 0.29) is 6.10 Å². The maximum atomic E-state index is 5.78. The summed E-state index contributed by atoms with van der Waals surface area (Å²) in [6, 6.07) is 27.4. The number of fused-ring (bicyclic) bond motifs is 1. The molecule has 1 aromatic heterocycles. The third-order valence-corrected chi connectivity index (χ3v) is 4.77. The van der Waals surface area contributed by atoms with Crippen LogP contribution in [0.25, 0.3) is 10.9 Å². The molecule has 1 heterocycles. The number of para-hydroxylation sites is 2. The Hall–Kier alpha value is -4.19. The molecular weight excluding hydrogens is 412 g/mol. The number of methoxy groups -OCH3 is 1. The predicted octanol–water partition coefficient (Wildman–Crippen LogP) is 5.73. The van der Waals surface area contributed by atoms with E-state index in [1.807, 2.05) is 98.8 Å². The van der Waals surface area contributed by atoms with E-state index >= 15 is 0 Å². The number of nitrogens with one attached hydrogen (secondary N) is 1. The molecule has 0 amide bonds. The maximum Gasteiger partial charge on any atom is 0.173 e. The van der Waals surface area contributed by atoms with Crippen molar-refractivity contribution in [2.24, 2.45) is 10.1 Å². The van der Waals surface area contributed by atoms with Gasteiger partial charge in [-0.1, -0.05) is 42.5 Å². The molecule has 0 aliphatic heterocycles. The summed E-state index contributed by atoms with van der Waals surface area (Å²) in [6.45, 7) is 3.96. The van der Waals surface area contributed by atoms with Crippen LogP contribution in [-0.2, 0) is 0 Å². The molecule has 4 aromatic rings. The number of ether oxygens (including phenoxy) is 2. The number of pyridine rings is 1. The van der Waals surface area contributed by atoms with Gasteiger partial charge in [0.15, 0.2) is 17.3 Å². The number of benzene rings is 3. The van der Waals surface area contributed by atoms with Crippen LogP contribution >= 0.6 is 0 Å². The van der Waals surface area contributed by atoms with E-state index < -0.39 is 0 Å². The van der Waals surface area contributed by atoms with Crippen molar-refractivity contribution in [1.82, 2.24) is 10.4 Å². The molecule has 0 radical (unpaired) electrons. The van der Waals surface area contributed by atoms with Crippen LogP contribution < -0.4 is 14.9 Å². The van der Waals surface area contributed by atoms with Gasteiger partial charge in [-0.05, 0) is 61.9 Å². The van der Waals surface area contributed by atoms with Crippen LogP contribution in [0.1, 0.15) is 25.1 Å². The van der Waals surface area contributed by atoms with Gasteiger partial charge in [0.05, 0.1) is 30.6 Å². The number of hydrogen-bond donors (Lipinski definition) is 1. The molecule has 0 fully saturated rings. The van der Waals surface area contributed by atoms with E-state index in [0.717, 1.165) is 22.2 Å². The zero-order valence-electron chi connectivity index (χ0n) is 18.9. The first-order valence-corrected chi connectivity index (χ1v) is 10.8. The summed E-state index contributed by atoms with van der Waals surface area (Å²) in [7, 11) is 1.62. The van der Waals surface area contributed by atoms with Crippen LogP contribution in [0.5, 0.6) is 11.5 Å². The third kappa shape index (κ3) is 5.74. The summed E-state index contributed by atoms with van der Waals surface area (Å²) in [4.78, 5) is 9.49. The smallest absolute Gasteiger partial charge is 0.173 e. The van der Waals surface area contributed by atoms with Gasteiger partial charge in [0, 0.05) is 5.39 Å². The van der Waals surface area contributed by atoms with E-state index in [0.29, 0.717) is 23.0 Å². The Bertz CT molecular complexity index is 1280. The first-order chi connectivity index (χ1) is 16.1. The van der Waals surface area contributed by atoms with Gasteiger partial charge in [0.25, 0.3) is 0 Å². The Morgan fingerprint density at radius 2 is 1.70 bits per heavy atom. The summed E-state index contributed by atoms with van der Waals surface area (Å²) in [5.41, 5.74) is 6.33. The molecule has 0 atom stereocenters. The van der Waals surface area contributed by atoms with Crippen LogP contribution in [0.2, 0.25) is 0 Å². The lowest BCUT2D eigenvalue weighted by Gasteiger charge is -2.13. The Labute approximate surface area is 193 Å². The summed E-state index contributed by atoms with van der Waals surface area (Å²) in [5.74, 6) is 1.90. The fourth-order valence-electron chi connectivity index (χ4n) is 3.25. The molecule has 0 spiro atoms. The normalized spacial score (nSPS) is 11.8. The van der Waals surface area contributed by atoms with Crippen LogP contribution in [0, 0.1) is 0 Å². The lowest BCUT2D eigenvalue weighted by molar-refractivity contribution is 0.230. The zero-order chi connectivity index (χ0) is 23.0. The molecule has 1 N–H and O–H groups in total. The Morgan fingerprint density at radius 3 is 2.48 bits per heavy atom. The molecule has 0 aliphatic rings. The lowest BCUT2D eigenvalue weighted by atomic mass is 10.2. The number of aliphatic imine (C=N–C) groups is 1. The van der Waals surface area contributed by atoms with E-state index in [2.05, 4.69) is 10.5 Å².